The Balaban J connectivity index is 1.73. The van der Waals surface area contributed by atoms with Crippen LogP contribution in [0.3, 0.4) is 0 Å². The number of nitrogens with zero attached hydrogens (tertiary/aromatic N) is 1. The Bertz CT molecular complexity index is 1310. The zero-order valence-corrected chi connectivity index (χ0v) is 22.8. The van der Waals surface area contributed by atoms with Gasteiger partial charge in [0.05, 0.1) is 25.4 Å². The zero-order chi connectivity index (χ0) is 26.9. The average molecular weight is 516 g/mol. The number of carbonyl (C=O) groups is 1. The molecule has 4 aromatic rings. The molecule has 0 atom stereocenters. The van der Waals surface area contributed by atoms with Gasteiger partial charge in [0.1, 0.15) is 11.3 Å². The van der Waals surface area contributed by atoms with Gasteiger partial charge in [0, 0.05) is 23.1 Å². The van der Waals surface area contributed by atoms with Crippen LogP contribution in [-0.2, 0) is 0 Å². The van der Waals surface area contributed by atoms with Crippen molar-refractivity contribution in [3.05, 3.63) is 77.9 Å². The van der Waals surface area contributed by atoms with Crippen LogP contribution in [0.1, 0.15) is 50.0 Å². The highest BCUT2D eigenvalue weighted by atomic mass is 16.5. The Morgan fingerprint density at radius 1 is 0.816 bits per heavy atom. The molecule has 200 valence electrons. The van der Waals surface area contributed by atoms with Gasteiger partial charge in [-0.25, -0.2) is 0 Å². The molecule has 0 aliphatic carbocycles. The van der Waals surface area contributed by atoms with Gasteiger partial charge in [0.2, 0.25) is 5.75 Å². The van der Waals surface area contributed by atoms with Gasteiger partial charge in [-0.1, -0.05) is 62.4 Å². The molecule has 1 aromatic heterocycles. The summed E-state index contributed by atoms with van der Waals surface area (Å²) in [7, 11) is 0. The number of furan rings is 1. The number of para-hydroxylation sites is 1. The molecule has 0 fully saturated rings. The maximum absolute atomic E-state index is 14.1. The fourth-order valence-corrected chi connectivity index (χ4v) is 4.59. The molecule has 4 rings (SSSR count). The molecule has 0 saturated carbocycles. The van der Waals surface area contributed by atoms with E-state index >= 15 is 0 Å². The molecule has 0 aliphatic rings. The molecule has 0 aliphatic heterocycles. The van der Waals surface area contributed by atoms with Crippen molar-refractivity contribution in [2.45, 2.75) is 34.1 Å². The Hall–Kier alpha value is -3.77. The first-order valence-electron chi connectivity index (χ1n) is 13.5. The Morgan fingerprint density at radius 2 is 1.45 bits per heavy atom. The first-order chi connectivity index (χ1) is 18.6. The van der Waals surface area contributed by atoms with Crippen LogP contribution in [0.25, 0.3) is 22.3 Å². The predicted molar refractivity (Wildman–Crippen MR) is 152 cm³/mol. The summed E-state index contributed by atoms with van der Waals surface area (Å²) in [6, 6.07) is 20.8. The third kappa shape index (κ3) is 6.03. The Labute approximate surface area is 225 Å². The Kier molecular flexibility index (Phi) is 9.44. The SMILES string of the molecule is CCOc1cc(C(=O)c2c(-c3ccccc3)oc3ccccc23)cc(OCC)c1OCCCN(CC)CC. The largest absolute Gasteiger partial charge is 0.490 e. The highest BCUT2D eigenvalue weighted by Gasteiger charge is 2.26. The molecule has 1 heterocycles. The van der Waals surface area contributed by atoms with Crippen LogP contribution < -0.4 is 14.2 Å². The molecule has 38 heavy (non-hydrogen) atoms. The highest BCUT2D eigenvalue weighted by molar-refractivity contribution is 6.20. The maximum Gasteiger partial charge on any atom is 0.203 e. The third-order valence-electron chi connectivity index (χ3n) is 6.50. The number of rotatable bonds is 14. The molecule has 0 N–H and O–H groups in total. The topological polar surface area (TPSA) is 61.1 Å². The summed E-state index contributed by atoms with van der Waals surface area (Å²) in [5.41, 5.74) is 2.48. The number of benzene rings is 3. The second-order valence-corrected chi connectivity index (χ2v) is 8.89. The third-order valence-corrected chi connectivity index (χ3v) is 6.50. The maximum atomic E-state index is 14.1. The lowest BCUT2D eigenvalue weighted by atomic mass is 9.97. The smallest absolute Gasteiger partial charge is 0.203 e. The van der Waals surface area contributed by atoms with E-state index in [0.29, 0.717) is 59.5 Å². The predicted octanol–water partition coefficient (Wildman–Crippen LogP) is 7.24. The van der Waals surface area contributed by atoms with E-state index in [0.717, 1.165) is 37.0 Å². The standard InChI is InChI=1S/C32H37NO5/c1-5-33(6-2)19-14-20-37-32-27(35-7-3)21-24(22-28(32)36-8-4)30(34)29-25-17-12-13-18-26(25)38-31(29)23-15-10-9-11-16-23/h9-13,15-18,21-22H,5-8,14,19-20H2,1-4H3. The van der Waals surface area contributed by atoms with Crippen molar-refractivity contribution in [1.29, 1.82) is 0 Å². The molecule has 0 unspecified atom stereocenters. The lowest BCUT2D eigenvalue weighted by Crippen LogP contribution is -2.25. The molecular weight excluding hydrogens is 478 g/mol. The van der Waals surface area contributed by atoms with Crippen LogP contribution in [0.15, 0.2) is 71.1 Å². The van der Waals surface area contributed by atoms with E-state index < -0.39 is 0 Å². The normalized spacial score (nSPS) is 11.2. The highest BCUT2D eigenvalue weighted by Crippen LogP contribution is 2.41. The molecule has 0 spiro atoms. The van der Waals surface area contributed by atoms with Crippen LogP contribution in [0.2, 0.25) is 0 Å². The first-order valence-corrected chi connectivity index (χ1v) is 13.5. The summed E-state index contributed by atoms with van der Waals surface area (Å²) in [4.78, 5) is 16.5. The van der Waals surface area contributed by atoms with Gasteiger partial charge >= 0.3 is 0 Å². The van der Waals surface area contributed by atoms with E-state index in [1.807, 2.05) is 68.4 Å². The summed E-state index contributed by atoms with van der Waals surface area (Å²) in [6.07, 6.45) is 0.876. The number of ketones is 1. The number of ether oxygens (including phenoxy) is 3. The van der Waals surface area contributed by atoms with E-state index in [1.54, 1.807) is 12.1 Å². The molecule has 0 bridgehead atoms. The monoisotopic (exact) mass is 515 g/mol. The van der Waals surface area contributed by atoms with Gasteiger partial charge < -0.3 is 23.5 Å². The summed E-state index contributed by atoms with van der Waals surface area (Å²) in [6.45, 7) is 12.5. The molecule has 0 amide bonds. The van der Waals surface area contributed by atoms with Gasteiger partial charge in [0.15, 0.2) is 17.3 Å². The van der Waals surface area contributed by atoms with Crippen LogP contribution in [0.5, 0.6) is 17.2 Å². The number of fused-ring (bicyclic) bond motifs is 1. The molecule has 6 nitrogen and oxygen atoms in total. The van der Waals surface area contributed by atoms with Crippen molar-refractivity contribution in [1.82, 2.24) is 4.90 Å². The van der Waals surface area contributed by atoms with Crippen molar-refractivity contribution in [3.63, 3.8) is 0 Å². The van der Waals surface area contributed by atoms with E-state index in [-0.39, 0.29) is 5.78 Å². The minimum atomic E-state index is -0.163. The lowest BCUT2D eigenvalue weighted by Gasteiger charge is -2.20. The van der Waals surface area contributed by atoms with Crippen LogP contribution in [0, 0.1) is 0 Å². The minimum Gasteiger partial charge on any atom is -0.490 e. The molecule has 6 heteroatoms. The van der Waals surface area contributed by atoms with Crippen molar-refractivity contribution >= 4 is 16.8 Å². The number of hydrogen-bond acceptors (Lipinski definition) is 6. The van der Waals surface area contributed by atoms with Gasteiger partial charge in [-0.3, -0.25) is 4.79 Å². The zero-order valence-electron chi connectivity index (χ0n) is 22.8. The minimum absolute atomic E-state index is 0.163. The van der Waals surface area contributed by atoms with Crippen molar-refractivity contribution < 1.29 is 23.4 Å². The molecule has 3 aromatic carbocycles. The van der Waals surface area contributed by atoms with Gasteiger partial charge in [-0.15, -0.1) is 0 Å². The number of hydrogen-bond donors (Lipinski definition) is 0. The second kappa shape index (κ2) is 13.2. The second-order valence-electron chi connectivity index (χ2n) is 8.89. The lowest BCUT2D eigenvalue weighted by molar-refractivity contribution is 0.103. The van der Waals surface area contributed by atoms with Crippen LogP contribution >= 0.6 is 0 Å². The van der Waals surface area contributed by atoms with E-state index in [1.165, 1.54) is 0 Å². The summed E-state index contributed by atoms with van der Waals surface area (Å²) < 4.78 is 24.3. The van der Waals surface area contributed by atoms with E-state index in [9.17, 15) is 4.79 Å². The summed E-state index contributed by atoms with van der Waals surface area (Å²) >= 11 is 0. The molecular formula is C32H37NO5. The quantitative estimate of drug-likeness (QED) is 0.130. The van der Waals surface area contributed by atoms with Crippen LogP contribution in [-0.4, -0.2) is 50.1 Å². The number of carbonyl (C=O) groups excluding carboxylic acids is 1. The average Bonchev–Trinajstić information content (AvgIpc) is 3.34. The molecule has 0 radical (unpaired) electrons. The van der Waals surface area contributed by atoms with E-state index in [4.69, 9.17) is 18.6 Å². The molecule has 0 saturated heterocycles. The van der Waals surface area contributed by atoms with Gasteiger partial charge in [0.25, 0.3) is 0 Å². The van der Waals surface area contributed by atoms with Crippen molar-refractivity contribution in [2.24, 2.45) is 0 Å². The van der Waals surface area contributed by atoms with Gasteiger partial charge in [-0.2, -0.15) is 0 Å². The first kappa shape index (κ1) is 27.3. The summed E-state index contributed by atoms with van der Waals surface area (Å²) in [5.74, 6) is 1.91. The summed E-state index contributed by atoms with van der Waals surface area (Å²) in [5, 5.41) is 0.768. The van der Waals surface area contributed by atoms with Crippen LogP contribution in [0.4, 0.5) is 0 Å². The van der Waals surface area contributed by atoms with Gasteiger partial charge in [-0.05, 0) is 51.6 Å². The van der Waals surface area contributed by atoms with Crippen molar-refractivity contribution in [3.8, 4) is 28.6 Å². The fourth-order valence-electron chi connectivity index (χ4n) is 4.59. The fraction of sp³-hybridized carbons (Fsp3) is 0.344. The van der Waals surface area contributed by atoms with E-state index in [2.05, 4.69) is 18.7 Å². The van der Waals surface area contributed by atoms with Crippen molar-refractivity contribution in [2.75, 3.05) is 39.5 Å². The Morgan fingerprint density at radius 3 is 2.08 bits per heavy atom.